The molecule has 0 aliphatic rings. The van der Waals surface area contributed by atoms with Crippen molar-refractivity contribution in [1.29, 1.82) is 0 Å². The van der Waals surface area contributed by atoms with Crippen LogP contribution >= 0.6 is 11.3 Å². The molecule has 0 atom stereocenters. The quantitative estimate of drug-likeness (QED) is 0.753. The van der Waals surface area contributed by atoms with Crippen molar-refractivity contribution in [2.45, 2.75) is 6.54 Å². The van der Waals surface area contributed by atoms with Crippen molar-refractivity contribution in [1.82, 2.24) is 0 Å². The number of rotatable bonds is 4. The van der Waals surface area contributed by atoms with Gasteiger partial charge < -0.3 is 10.2 Å². The lowest BCUT2D eigenvalue weighted by Gasteiger charge is -2.14. The molecule has 0 aliphatic heterocycles. The minimum atomic E-state index is 0.862. The van der Waals surface area contributed by atoms with Crippen LogP contribution in [0.2, 0.25) is 0 Å². The van der Waals surface area contributed by atoms with Gasteiger partial charge in [-0.1, -0.05) is 24.3 Å². The lowest BCUT2D eigenvalue weighted by molar-refractivity contribution is 1.12. The largest absolute Gasteiger partial charge is 0.381 e. The highest BCUT2D eigenvalue weighted by Gasteiger charge is 2.03. The van der Waals surface area contributed by atoms with Crippen LogP contribution in [-0.2, 0) is 6.54 Å². The molecule has 2 nitrogen and oxygen atoms in total. The fourth-order valence-corrected chi connectivity index (χ4v) is 3.22. The number of anilines is 2. The predicted octanol–water partition coefficient (Wildman–Crippen LogP) is 4.58. The Hall–Kier alpha value is -2.00. The van der Waals surface area contributed by atoms with Crippen molar-refractivity contribution in [2.24, 2.45) is 0 Å². The molecule has 2 aromatic carbocycles. The van der Waals surface area contributed by atoms with Crippen LogP contribution in [0.25, 0.3) is 10.1 Å². The van der Waals surface area contributed by atoms with E-state index in [2.05, 4.69) is 78.2 Å². The molecule has 0 fully saturated rings. The van der Waals surface area contributed by atoms with Crippen LogP contribution in [0.5, 0.6) is 0 Å². The maximum absolute atomic E-state index is 3.51. The van der Waals surface area contributed by atoms with Gasteiger partial charge >= 0.3 is 0 Å². The molecule has 102 valence electrons. The van der Waals surface area contributed by atoms with E-state index in [1.807, 2.05) is 11.3 Å². The zero-order valence-corrected chi connectivity index (χ0v) is 12.6. The molecular formula is C17H18N2S. The van der Waals surface area contributed by atoms with Crippen molar-refractivity contribution >= 4 is 32.8 Å². The molecule has 0 radical (unpaired) electrons. The lowest BCUT2D eigenvalue weighted by Crippen LogP contribution is -2.09. The molecule has 1 aromatic heterocycles. The monoisotopic (exact) mass is 282 g/mol. The van der Waals surface area contributed by atoms with Crippen molar-refractivity contribution in [3.8, 4) is 0 Å². The number of fused-ring (bicyclic) bond motifs is 1. The average molecular weight is 282 g/mol. The summed E-state index contributed by atoms with van der Waals surface area (Å²) in [7, 11) is 4.12. The SMILES string of the molecule is CN(C)c1cccc(NCc2csc3ccccc23)c1. The van der Waals surface area contributed by atoms with Crippen LogP contribution in [0.1, 0.15) is 5.56 Å². The number of nitrogens with one attached hydrogen (secondary N) is 1. The van der Waals surface area contributed by atoms with Crippen LogP contribution in [0.3, 0.4) is 0 Å². The van der Waals surface area contributed by atoms with Gasteiger partial charge in [0.1, 0.15) is 0 Å². The maximum Gasteiger partial charge on any atom is 0.0415 e. The molecule has 0 aliphatic carbocycles. The van der Waals surface area contributed by atoms with E-state index in [1.165, 1.54) is 21.3 Å². The Kier molecular flexibility index (Phi) is 3.61. The van der Waals surface area contributed by atoms with Gasteiger partial charge in [-0.3, -0.25) is 0 Å². The van der Waals surface area contributed by atoms with Crippen molar-refractivity contribution in [3.05, 3.63) is 59.5 Å². The van der Waals surface area contributed by atoms with Crippen LogP contribution < -0.4 is 10.2 Å². The first-order valence-corrected chi connectivity index (χ1v) is 7.58. The van der Waals surface area contributed by atoms with E-state index in [-0.39, 0.29) is 0 Å². The van der Waals surface area contributed by atoms with Crippen molar-refractivity contribution in [2.75, 3.05) is 24.3 Å². The summed E-state index contributed by atoms with van der Waals surface area (Å²) in [6.07, 6.45) is 0. The van der Waals surface area contributed by atoms with E-state index in [0.717, 1.165) is 12.2 Å². The van der Waals surface area contributed by atoms with Gasteiger partial charge in [0.15, 0.2) is 0 Å². The zero-order valence-electron chi connectivity index (χ0n) is 11.8. The second-order valence-electron chi connectivity index (χ2n) is 5.06. The van der Waals surface area contributed by atoms with Gasteiger partial charge in [0.25, 0.3) is 0 Å². The first-order chi connectivity index (χ1) is 9.74. The van der Waals surface area contributed by atoms with E-state index in [0.29, 0.717) is 0 Å². The number of hydrogen-bond donors (Lipinski definition) is 1. The molecule has 0 saturated carbocycles. The molecule has 0 unspecified atom stereocenters. The molecule has 0 bridgehead atoms. The smallest absolute Gasteiger partial charge is 0.0415 e. The van der Waals surface area contributed by atoms with Gasteiger partial charge in [-0.15, -0.1) is 11.3 Å². The topological polar surface area (TPSA) is 15.3 Å². The minimum Gasteiger partial charge on any atom is -0.381 e. The summed E-state index contributed by atoms with van der Waals surface area (Å²) < 4.78 is 1.35. The molecule has 3 aromatic rings. The molecule has 0 amide bonds. The third kappa shape index (κ3) is 2.63. The van der Waals surface area contributed by atoms with Gasteiger partial charge in [0.05, 0.1) is 0 Å². The Morgan fingerprint density at radius 2 is 1.90 bits per heavy atom. The van der Waals surface area contributed by atoms with Crippen LogP contribution in [0.4, 0.5) is 11.4 Å². The summed E-state index contributed by atoms with van der Waals surface area (Å²) in [6.45, 7) is 0.862. The highest BCUT2D eigenvalue weighted by Crippen LogP contribution is 2.26. The second-order valence-corrected chi connectivity index (χ2v) is 5.97. The highest BCUT2D eigenvalue weighted by molar-refractivity contribution is 7.17. The van der Waals surface area contributed by atoms with Gasteiger partial charge in [-0.2, -0.15) is 0 Å². The first-order valence-electron chi connectivity index (χ1n) is 6.70. The molecule has 1 N–H and O–H groups in total. The van der Waals surface area contributed by atoms with E-state index in [1.54, 1.807) is 0 Å². The highest BCUT2D eigenvalue weighted by atomic mass is 32.1. The fourth-order valence-electron chi connectivity index (χ4n) is 2.26. The summed E-state index contributed by atoms with van der Waals surface area (Å²) >= 11 is 1.81. The Labute approximate surface area is 123 Å². The summed E-state index contributed by atoms with van der Waals surface area (Å²) in [4.78, 5) is 2.12. The number of thiophene rings is 1. The minimum absolute atomic E-state index is 0.862. The predicted molar refractivity (Wildman–Crippen MR) is 89.9 cm³/mol. The first kappa shape index (κ1) is 13.0. The molecule has 20 heavy (non-hydrogen) atoms. The summed E-state index contributed by atoms with van der Waals surface area (Å²) in [5, 5.41) is 7.11. The summed E-state index contributed by atoms with van der Waals surface area (Å²) in [6, 6.07) is 17.1. The lowest BCUT2D eigenvalue weighted by atomic mass is 10.2. The van der Waals surface area contributed by atoms with Gasteiger partial charge in [-0.05, 0) is 40.6 Å². The van der Waals surface area contributed by atoms with Crippen molar-refractivity contribution in [3.63, 3.8) is 0 Å². The maximum atomic E-state index is 3.51. The Balaban J connectivity index is 1.78. The average Bonchev–Trinajstić information content (AvgIpc) is 2.89. The Morgan fingerprint density at radius 3 is 2.75 bits per heavy atom. The van der Waals surface area contributed by atoms with Crippen LogP contribution in [0, 0.1) is 0 Å². The number of benzene rings is 2. The molecule has 0 spiro atoms. The standard InChI is InChI=1S/C17H18N2S/c1-19(2)15-7-5-6-14(10-15)18-11-13-12-20-17-9-4-3-8-16(13)17/h3-10,12,18H,11H2,1-2H3. The van der Waals surface area contributed by atoms with E-state index in [4.69, 9.17) is 0 Å². The molecule has 3 heteroatoms. The number of hydrogen-bond acceptors (Lipinski definition) is 3. The van der Waals surface area contributed by atoms with Gasteiger partial charge in [-0.25, -0.2) is 0 Å². The van der Waals surface area contributed by atoms with Crippen LogP contribution in [0.15, 0.2) is 53.9 Å². The molecule has 0 saturated heterocycles. The summed E-state index contributed by atoms with van der Waals surface area (Å²) in [5.74, 6) is 0. The van der Waals surface area contributed by atoms with E-state index in [9.17, 15) is 0 Å². The Bertz CT molecular complexity index is 716. The van der Waals surface area contributed by atoms with Crippen LogP contribution in [-0.4, -0.2) is 14.1 Å². The molecular weight excluding hydrogens is 264 g/mol. The van der Waals surface area contributed by atoms with E-state index >= 15 is 0 Å². The van der Waals surface area contributed by atoms with E-state index < -0.39 is 0 Å². The second kappa shape index (κ2) is 5.55. The third-order valence-corrected chi connectivity index (χ3v) is 4.42. The van der Waals surface area contributed by atoms with Gasteiger partial charge in [0, 0.05) is 36.7 Å². The summed E-state index contributed by atoms with van der Waals surface area (Å²) in [5.41, 5.74) is 3.73. The fraction of sp³-hybridized carbons (Fsp3) is 0.176. The molecule has 1 heterocycles. The molecule has 3 rings (SSSR count). The number of nitrogens with zero attached hydrogens (tertiary/aromatic N) is 1. The zero-order chi connectivity index (χ0) is 13.9. The van der Waals surface area contributed by atoms with Crippen molar-refractivity contribution < 1.29 is 0 Å². The van der Waals surface area contributed by atoms with Gasteiger partial charge in [0.2, 0.25) is 0 Å². The normalized spacial score (nSPS) is 10.7. The Morgan fingerprint density at radius 1 is 1.05 bits per heavy atom. The third-order valence-electron chi connectivity index (χ3n) is 3.41.